The van der Waals surface area contributed by atoms with Crippen molar-refractivity contribution in [2.75, 3.05) is 0 Å². The van der Waals surface area contributed by atoms with E-state index in [0.29, 0.717) is 18.2 Å². The van der Waals surface area contributed by atoms with Crippen LogP contribution in [0.15, 0.2) is 71.9 Å². The molecule has 4 aromatic rings. The fourth-order valence-electron chi connectivity index (χ4n) is 2.66. The van der Waals surface area contributed by atoms with Crippen molar-refractivity contribution in [3.63, 3.8) is 0 Å². The summed E-state index contributed by atoms with van der Waals surface area (Å²) in [5.41, 5.74) is 0.654. The van der Waals surface area contributed by atoms with Gasteiger partial charge in [0.25, 0.3) is 0 Å². The van der Waals surface area contributed by atoms with Crippen molar-refractivity contribution in [2.24, 2.45) is 0 Å². The van der Waals surface area contributed by atoms with Crippen molar-refractivity contribution in [2.45, 2.75) is 4.90 Å². The molecule has 0 aliphatic carbocycles. The van der Waals surface area contributed by atoms with Gasteiger partial charge in [0, 0.05) is 23.2 Å². The van der Waals surface area contributed by atoms with E-state index >= 15 is 0 Å². The number of aromatic carboxylic acids is 2. The zero-order chi connectivity index (χ0) is 21.9. The number of carbonyl (C=O) groups is 2. The normalized spacial score (nSPS) is 9.40. The Morgan fingerprint density at radius 1 is 0.800 bits per heavy atom. The van der Waals surface area contributed by atoms with Gasteiger partial charge in [0.2, 0.25) is 0 Å². The number of nitrogens with zero attached hydrogens (tertiary/aromatic N) is 2. The summed E-state index contributed by atoms with van der Waals surface area (Å²) in [5.74, 6) is -3.32. The molecule has 0 aliphatic heterocycles. The molecule has 15 heteroatoms. The number of aromatic nitrogens is 2. The monoisotopic (exact) mass is 558 g/mol. The van der Waals surface area contributed by atoms with E-state index in [9.17, 15) is 27.7 Å². The second kappa shape index (κ2) is 14.7. The second-order valence-corrected chi connectivity index (χ2v) is 7.39. The van der Waals surface area contributed by atoms with E-state index in [1.165, 1.54) is 0 Å². The Balaban J connectivity index is -0.000000513. The van der Waals surface area contributed by atoms with Gasteiger partial charge in [0.15, 0.2) is 0 Å². The van der Waals surface area contributed by atoms with Crippen LogP contribution >= 0.6 is 0 Å². The van der Waals surface area contributed by atoms with E-state index in [2.05, 4.69) is 34.2 Å². The van der Waals surface area contributed by atoms with Crippen LogP contribution in [0.4, 0.5) is 0 Å². The topological polar surface area (TPSA) is 291 Å². The number of pyridine rings is 2. The minimum Gasteiger partial charge on any atom is -0.744 e. The molecule has 0 fully saturated rings. The first-order chi connectivity index (χ1) is 14.2. The number of carboxylic acid groups (broad SMARTS) is 2. The van der Waals surface area contributed by atoms with Gasteiger partial charge in [-0.25, -0.2) is 13.2 Å². The zero-order valence-corrected chi connectivity index (χ0v) is 19.5. The molecule has 191 valence electrons. The summed E-state index contributed by atoms with van der Waals surface area (Å²) in [6.45, 7) is 0. The summed E-state index contributed by atoms with van der Waals surface area (Å²) >= 11 is 0. The molecule has 35 heavy (non-hydrogen) atoms. The van der Waals surface area contributed by atoms with E-state index in [-0.39, 0.29) is 38.7 Å². The van der Waals surface area contributed by atoms with Gasteiger partial charge in [-0.15, -0.1) is 0 Å². The third kappa shape index (κ3) is 8.63. The SMILES string of the molecule is O.O=C([O-])c1cc(C(=O)O)cc(S(=O)(=O)[O-])c1.[Co+2].[OH3+].[OH3+].[OH3+].c1cnc2c(c1)ccc1cccnc12. The largest absolute Gasteiger partial charge is 2.00 e. The molecule has 0 spiro atoms. The van der Waals surface area contributed by atoms with Crippen LogP contribution in [0.3, 0.4) is 0 Å². The van der Waals surface area contributed by atoms with Crippen molar-refractivity contribution in [1.29, 1.82) is 0 Å². The van der Waals surface area contributed by atoms with Crippen molar-refractivity contribution in [3.05, 3.63) is 78.1 Å². The fourth-order valence-corrected chi connectivity index (χ4v) is 3.21. The summed E-state index contributed by atoms with van der Waals surface area (Å²) in [6.07, 6.45) is 3.60. The summed E-state index contributed by atoms with van der Waals surface area (Å²) in [6, 6.07) is 14.0. The number of benzene rings is 2. The first kappa shape index (κ1) is 36.0. The Kier molecular flexibility index (Phi) is 15.1. The summed E-state index contributed by atoms with van der Waals surface area (Å²) in [7, 11) is -4.92. The third-order valence-corrected chi connectivity index (χ3v) is 4.84. The Hall–Kier alpha value is -3.54. The van der Waals surface area contributed by atoms with Gasteiger partial charge in [0.1, 0.15) is 10.1 Å². The molecule has 1 radical (unpaired) electrons. The first-order valence-corrected chi connectivity index (χ1v) is 9.72. The van der Waals surface area contributed by atoms with Crippen LogP contribution in [0.5, 0.6) is 0 Å². The van der Waals surface area contributed by atoms with Crippen molar-refractivity contribution in [3.8, 4) is 0 Å². The number of carbonyl (C=O) groups excluding carboxylic acids is 1. The molecule has 2 aromatic carbocycles. The summed E-state index contributed by atoms with van der Waals surface area (Å²) in [4.78, 5) is 28.8. The molecular weight excluding hydrogens is 535 g/mol. The van der Waals surface area contributed by atoms with E-state index in [4.69, 9.17) is 5.11 Å². The molecule has 2 aromatic heterocycles. The molecule has 2 heterocycles. The molecule has 0 atom stereocenters. The van der Waals surface area contributed by atoms with Crippen molar-refractivity contribution < 1.29 is 71.5 Å². The predicted molar refractivity (Wildman–Crippen MR) is 121 cm³/mol. The van der Waals surface area contributed by atoms with E-state index in [1.54, 1.807) is 12.4 Å². The molecule has 13 nitrogen and oxygen atoms in total. The van der Waals surface area contributed by atoms with E-state index < -0.39 is 38.1 Å². The van der Waals surface area contributed by atoms with E-state index in [0.717, 1.165) is 21.8 Å². The van der Waals surface area contributed by atoms with Gasteiger partial charge in [0.05, 0.1) is 27.5 Å². The standard InChI is InChI=1S/C12H8N2.C8H6O7S.Co.4H2O/c1-3-9-5-6-10-4-2-8-14-12(10)11(9)13-7-1;9-7(10)4-1-5(8(11)12)3-6(2-4)16(13,14)15;;;;;/h1-8H;1-3H,(H,9,10)(H,11,12)(H,13,14,15);;4*1H2/q;;+2;;;;/p+1. The molecule has 0 unspecified atom stereocenters. The van der Waals surface area contributed by atoms with Crippen LogP contribution in [0, 0.1) is 0 Å². The first-order valence-electron chi connectivity index (χ1n) is 8.31. The van der Waals surface area contributed by atoms with E-state index in [1.807, 2.05) is 12.1 Å². The Morgan fingerprint density at radius 3 is 1.60 bits per heavy atom. The molecule has 0 aliphatic rings. The molecule has 12 N–H and O–H groups in total. The average Bonchev–Trinajstić information content (AvgIpc) is 2.73. The van der Waals surface area contributed by atoms with Gasteiger partial charge < -0.3 is 41.5 Å². The number of rotatable bonds is 3. The number of hydrogen-bond donors (Lipinski definition) is 1. The van der Waals surface area contributed by atoms with Crippen LogP contribution in [0.2, 0.25) is 0 Å². The van der Waals surface area contributed by atoms with Crippen LogP contribution < -0.4 is 5.11 Å². The van der Waals surface area contributed by atoms with Gasteiger partial charge >= 0.3 is 22.7 Å². The number of fused-ring (bicyclic) bond motifs is 3. The molecule has 0 saturated heterocycles. The Labute approximate surface area is 208 Å². The Morgan fingerprint density at radius 2 is 1.23 bits per heavy atom. The Bertz CT molecular complexity index is 1310. The number of hydrogen-bond acceptors (Lipinski definition) is 8. The number of carboxylic acids is 2. The van der Waals surface area contributed by atoms with Gasteiger partial charge in [-0.1, -0.05) is 24.3 Å². The minimum absolute atomic E-state index is 0. The predicted octanol–water partition coefficient (Wildman–Crippen LogP) is -2.16. The maximum absolute atomic E-state index is 10.6. The summed E-state index contributed by atoms with van der Waals surface area (Å²) in [5, 5.41) is 21.3. The van der Waals surface area contributed by atoms with Crippen LogP contribution in [-0.4, -0.2) is 45.5 Å². The maximum atomic E-state index is 10.6. The van der Waals surface area contributed by atoms with Crippen molar-refractivity contribution in [1.82, 2.24) is 9.97 Å². The fraction of sp³-hybridized carbons (Fsp3) is 0. The maximum Gasteiger partial charge on any atom is 2.00 e. The molecule has 4 rings (SSSR count). The smallest absolute Gasteiger partial charge is 0.744 e. The molecular formula is C20H23CoN2O11S+3. The average molecular weight is 558 g/mol. The van der Waals surface area contributed by atoms with Crippen LogP contribution in [0.25, 0.3) is 21.8 Å². The molecule has 0 amide bonds. The second-order valence-electron chi connectivity index (χ2n) is 6.01. The quantitative estimate of drug-likeness (QED) is 0.162. The minimum atomic E-state index is -4.92. The van der Waals surface area contributed by atoms with Crippen molar-refractivity contribution >= 4 is 43.9 Å². The van der Waals surface area contributed by atoms with Crippen LogP contribution in [0.1, 0.15) is 20.7 Å². The van der Waals surface area contributed by atoms with Gasteiger partial charge in [-0.05, 0) is 35.9 Å². The molecule has 0 saturated carbocycles. The third-order valence-electron chi connectivity index (χ3n) is 4.02. The summed E-state index contributed by atoms with van der Waals surface area (Å²) < 4.78 is 31.9. The van der Waals surface area contributed by atoms with Gasteiger partial charge in [-0.2, -0.15) is 0 Å². The van der Waals surface area contributed by atoms with Gasteiger partial charge in [-0.3, -0.25) is 9.97 Å². The van der Waals surface area contributed by atoms with Crippen LogP contribution in [-0.2, 0) is 43.3 Å². The molecule has 0 bridgehead atoms. The zero-order valence-electron chi connectivity index (χ0n) is 17.6.